The highest BCUT2D eigenvalue weighted by Gasteiger charge is 1.77. The summed E-state index contributed by atoms with van der Waals surface area (Å²) in [6, 6.07) is 0. The van der Waals surface area contributed by atoms with Gasteiger partial charge in [-0.15, -0.1) is 0 Å². The Balaban J connectivity index is 3.22. The standard InChI is InChI=1S/C5H9O/c1-3-5(2)4-6/h4H,3H2,1-2H3/b5-4+. The molecule has 0 atom stereocenters. The molecule has 0 aromatic rings. The average molecular weight is 85.1 g/mol. The minimum atomic E-state index is 0.878. The molecule has 0 aromatic heterocycles. The summed E-state index contributed by atoms with van der Waals surface area (Å²) in [6.45, 7) is 3.79. The Morgan fingerprint density at radius 2 is 2.33 bits per heavy atom. The fourth-order valence-corrected chi connectivity index (χ4v) is 0.0833. The van der Waals surface area contributed by atoms with E-state index in [1.807, 2.05) is 13.8 Å². The third kappa shape index (κ3) is 1.82. The third-order valence-corrected chi connectivity index (χ3v) is 0.759. The van der Waals surface area contributed by atoms with Crippen molar-refractivity contribution in [2.24, 2.45) is 0 Å². The lowest BCUT2D eigenvalue weighted by molar-refractivity contribution is 0.345. The molecule has 0 rings (SSSR count). The minimum Gasteiger partial charge on any atom is -0.299 e. The molecule has 1 radical (unpaired) electrons. The maximum atomic E-state index is 9.70. The second-order valence-corrected chi connectivity index (χ2v) is 1.32. The summed E-state index contributed by atoms with van der Waals surface area (Å²) < 4.78 is 0. The summed E-state index contributed by atoms with van der Waals surface area (Å²) >= 11 is 0. The van der Waals surface area contributed by atoms with Gasteiger partial charge < -0.3 is 0 Å². The molecule has 0 saturated carbocycles. The Morgan fingerprint density at radius 1 is 1.83 bits per heavy atom. The molecular formula is C5H9O. The molecule has 0 aromatic carbocycles. The molecular weight excluding hydrogens is 76.1 g/mol. The van der Waals surface area contributed by atoms with Crippen LogP contribution < -0.4 is 0 Å². The van der Waals surface area contributed by atoms with E-state index in [1.54, 1.807) is 0 Å². The molecule has 0 N–H and O–H groups in total. The Hall–Kier alpha value is -0.460. The molecule has 35 valence electrons. The van der Waals surface area contributed by atoms with E-state index in [4.69, 9.17) is 0 Å². The number of allylic oxidation sites excluding steroid dienone is 1. The zero-order valence-electron chi connectivity index (χ0n) is 4.19. The van der Waals surface area contributed by atoms with E-state index >= 15 is 0 Å². The van der Waals surface area contributed by atoms with E-state index in [1.165, 1.54) is 0 Å². The minimum absolute atomic E-state index is 0.878. The van der Waals surface area contributed by atoms with Crippen molar-refractivity contribution >= 4 is 0 Å². The van der Waals surface area contributed by atoms with Crippen molar-refractivity contribution in [3.8, 4) is 0 Å². The van der Waals surface area contributed by atoms with Crippen molar-refractivity contribution in [1.82, 2.24) is 0 Å². The maximum absolute atomic E-state index is 9.70. The number of rotatable bonds is 1. The molecule has 0 spiro atoms. The average Bonchev–Trinajstić information content (AvgIpc) is 1.65. The topological polar surface area (TPSA) is 19.9 Å². The highest BCUT2D eigenvalue weighted by atomic mass is 16.2. The first kappa shape index (κ1) is 5.54. The molecule has 0 unspecified atom stereocenters. The van der Waals surface area contributed by atoms with E-state index in [2.05, 4.69) is 0 Å². The van der Waals surface area contributed by atoms with Crippen molar-refractivity contribution in [2.45, 2.75) is 20.3 Å². The molecule has 1 nitrogen and oxygen atoms in total. The van der Waals surface area contributed by atoms with Crippen LogP contribution >= 0.6 is 0 Å². The molecule has 0 bridgehead atoms. The van der Waals surface area contributed by atoms with Crippen LogP contribution in [0.1, 0.15) is 20.3 Å². The first-order valence-electron chi connectivity index (χ1n) is 2.09. The molecule has 0 saturated heterocycles. The fourth-order valence-electron chi connectivity index (χ4n) is 0.0833. The van der Waals surface area contributed by atoms with E-state index < -0.39 is 0 Å². The van der Waals surface area contributed by atoms with Crippen molar-refractivity contribution in [3.63, 3.8) is 0 Å². The molecule has 0 amide bonds. The lowest BCUT2D eigenvalue weighted by Crippen LogP contribution is -1.65. The smallest absolute Gasteiger partial charge is 0.141 e. The van der Waals surface area contributed by atoms with Gasteiger partial charge in [-0.2, -0.15) is 0 Å². The number of hydrogen-bond acceptors (Lipinski definition) is 0. The van der Waals surface area contributed by atoms with E-state index in [-0.39, 0.29) is 0 Å². The highest BCUT2D eigenvalue weighted by Crippen LogP contribution is 1.93. The molecule has 0 fully saturated rings. The van der Waals surface area contributed by atoms with Crippen molar-refractivity contribution < 1.29 is 5.11 Å². The van der Waals surface area contributed by atoms with E-state index in [0.717, 1.165) is 18.3 Å². The third-order valence-electron chi connectivity index (χ3n) is 0.759. The van der Waals surface area contributed by atoms with Gasteiger partial charge in [0.2, 0.25) is 0 Å². The lowest BCUT2D eigenvalue weighted by atomic mass is 10.3. The van der Waals surface area contributed by atoms with Crippen LogP contribution in [0.4, 0.5) is 0 Å². The Labute approximate surface area is 38.3 Å². The fraction of sp³-hybridized carbons (Fsp3) is 0.600. The molecule has 0 aliphatic heterocycles. The Morgan fingerprint density at radius 3 is 2.33 bits per heavy atom. The van der Waals surface area contributed by atoms with Crippen LogP contribution in [0.15, 0.2) is 11.8 Å². The first-order valence-corrected chi connectivity index (χ1v) is 2.09. The summed E-state index contributed by atoms with van der Waals surface area (Å²) in [5.41, 5.74) is 0.912. The van der Waals surface area contributed by atoms with Gasteiger partial charge in [0, 0.05) is 0 Å². The highest BCUT2D eigenvalue weighted by molar-refractivity contribution is 4.89. The van der Waals surface area contributed by atoms with Crippen molar-refractivity contribution in [3.05, 3.63) is 11.8 Å². The Bertz CT molecular complexity index is 55.0. The van der Waals surface area contributed by atoms with Crippen LogP contribution in [0.3, 0.4) is 0 Å². The van der Waals surface area contributed by atoms with Crippen LogP contribution in [-0.2, 0) is 5.11 Å². The van der Waals surface area contributed by atoms with Gasteiger partial charge in [-0.3, -0.25) is 5.11 Å². The van der Waals surface area contributed by atoms with Gasteiger partial charge in [0.15, 0.2) is 0 Å². The van der Waals surface area contributed by atoms with Crippen LogP contribution in [0.25, 0.3) is 0 Å². The van der Waals surface area contributed by atoms with Crippen LogP contribution in [0.2, 0.25) is 0 Å². The van der Waals surface area contributed by atoms with Gasteiger partial charge in [0.1, 0.15) is 6.26 Å². The largest absolute Gasteiger partial charge is 0.299 e. The van der Waals surface area contributed by atoms with Crippen LogP contribution in [0, 0.1) is 0 Å². The van der Waals surface area contributed by atoms with Gasteiger partial charge in [-0.1, -0.05) is 6.92 Å². The van der Waals surface area contributed by atoms with E-state index in [0.29, 0.717) is 0 Å². The summed E-state index contributed by atoms with van der Waals surface area (Å²) in [7, 11) is 0. The normalized spacial score (nSPS) is 12.0. The first-order chi connectivity index (χ1) is 2.81. The SMILES string of the molecule is CC/C(C)=C/[O]. The monoisotopic (exact) mass is 85.1 g/mol. The van der Waals surface area contributed by atoms with Gasteiger partial charge in [-0.25, -0.2) is 0 Å². The summed E-state index contributed by atoms with van der Waals surface area (Å²) in [4.78, 5) is 0. The summed E-state index contributed by atoms with van der Waals surface area (Å²) in [5.74, 6) is 0. The lowest BCUT2D eigenvalue weighted by Gasteiger charge is -1.81. The Kier molecular flexibility index (Phi) is 2.55. The van der Waals surface area contributed by atoms with Gasteiger partial charge in [-0.05, 0) is 18.9 Å². The molecule has 0 aliphatic rings. The predicted molar refractivity (Wildman–Crippen MR) is 24.7 cm³/mol. The molecule has 0 aliphatic carbocycles. The van der Waals surface area contributed by atoms with E-state index in [9.17, 15) is 5.11 Å². The summed E-state index contributed by atoms with van der Waals surface area (Å²) in [6.07, 6.45) is 1.77. The second-order valence-electron chi connectivity index (χ2n) is 1.32. The summed E-state index contributed by atoms with van der Waals surface area (Å²) in [5, 5.41) is 9.70. The van der Waals surface area contributed by atoms with Crippen LogP contribution in [0.5, 0.6) is 0 Å². The number of hydrogen-bond donors (Lipinski definition) is 0. The van der Waals surface area contributed by atoms with Crippen LogP contribution in [-0.4, -0.2) is 0 Å². The van der Waals surface area contributed by atoms with Gasteiger partial charge in [0.25, 0.3) is 0 Å². The molecule has 1 heteroatoms. The van der Waals surface area contributed by atoms with Gasteiger partial charge >= 0.3 is 0 Å². The van der Waals surface area contributed by atoms with Crippen molar-refractivity contribution in [2.75, 3.05) is 0 Å². The predicted octanol–water partition coefficient (Wildman–Crippen LogP) is 1.73. The quantitative estimate of drug-likeness (QED) is 0.432. The second kappa shape index (κ2) is 2.76. The zero-order valence-corrected chi connectivity index (χ0v) is 4.19. The van der Waals surface area contributed by atoms with Gasteiger partial charge in [0.05, 0.1) is 0 Å². The maximum Gasteiger partial charge on any atom is 0.141 e. The molecule has 0 heterocycles. The van der Waals surface area contributed by atoms with Crippen molar-refractivity contribution in [1.29, 1.82) is 0 Å². The zero-order chi connectivity index (χ0) is 4.99. The molecule has 6 heavy (non-hydrogen) atoms.